The van der Waals surface area contributed by atoms with Gasteiger partial charge in [-0.3, -0.25) is 0 Å². The molecule has 160 valence electrons. The Labute approximate surface area is 174 Å². The molecule has 0 aromatic heterocycles. The molecule has 4 rings (SSSR count). The van der Waals surface area contributed by atoms with Crippen LogP contribution in [0, 0.1) is 0 Å². The molecular weight excluding hydrogens is 366 g/mol. The number of carbonyl (C=O) groups is 1. The largest absolute Gasteiger partial charge is 0.486 e. The van der Waals surface area contributed by atoms with Crippen molar-refractivity contribution in [1.82, 2.24) is 15.5 Å². The topological polar surface area (TPSA) is 62.8 Å². The van der Waals surface area contributed by atoms with Gasteiger partial charge in [0.1, 0.15) is 13.2 Å². The maximum Gasteiger partial charge on any atom is 0.314 e. The van der Waals surface area contributed by atoms with Crippen LogP contribution in [0.1, 0.15) is 56.9 Å². The molecule has 2 N–H and O–H groups in total. The lowest BCUT2D eigenvalue weighted by molar-refractivity contribution is 0.154. The Morgan fingerprint density at radius 2 is 1.55 bits per heavy atom. The van der Waals surface area contributed by atoms with Crippen molar-refractivity contribution in [2.75, 3.05) is 40.4 Å². The molecule has 0 unspecified atom stereocenters. The number of ether oxygens (including phenoxy) is 2. The monoisotopic (exact) mass is 401 g/mol. The van der Waals surface area contributed by atoms with Gasteiger partial charge in [-0.1, -0.05) is 31.7 Å². The Kier molecular flexibility index (Phi) is 5.91. The van der Waals surface area contributed by atoms with Crippen LogP contribution in [0.15, 0.2) is 18.2 Å². The smallest absolute Gasteiger partial charge is 0.314 e. The molecule has 0 saturated heterocycles. The molecule has 2 saturated carbocycles. The number of urea groups is 1. The van der Waals surface area contributed by atoms with Gasteiger partial charge in [0.05, 0.1) is 0 Å². The molecule has 29 heavy (non-hydrogen) atoms. The van der Waals surface area contributed by atoms with E-state index < -0.39 is 0 Å². The second kappa shape index (κ2) is 8.42. The van der Waals surface area contributed by atoms with E-state index in [-0.39, 0.29) is 17.0 Å². The van der Waals surface area contributed by atoms with E-state index in [4.69, 9.17) is 9.47 Å². The highest BCUT2D eigenvalue weighted by Gasteiger charge is 2.38. The summed E-state index contributed by atoms with van der Waals surface area (Å²) >= 11 is 0. The van der Waals surface area contributed by atoms with E-state index in [0.717, 1.165) is 37.2 Å². The number of nitrogens with one attached hydrogen (secondary N) is 2. The summed E-state index contributed by atoms with van der Waals surface area (Å²) < 4.78 is 11.5. The van der Waals surface area contributed by atoms with Crippen LogP contribution in [0.5, 0.6) is 11.5 Å². The van der Waals surface area contributed by atoms with Crippen LogP contribution in [0.2, 0.25) is 0 Å². The fraction of sp³-hybridized carbons (Fsp3) is 0.696. The molecule has 6 heteroatoms. The first-order valence-corrected chi connectivity index (χ1v) is 11.1. The minimum atomic E-state index is -0.0538. The molecule has 2 aliphatic carbocycles. The standard InChI is InChI=1S/C23H35N3O3/c1-26(2)23(11-5-6-12-23)17-25-21(27)24-16-22(9-3-4-10-22)18-7-8-19-20(15-18)29-14-13-28-19/h7-8,15H,3-6,9-14,16-17H2,1-2H3,(H2,24,25,27). The highest BCUT2D eigenvalue weighted by molar-refractivity contribution is 5.74. The van der Waals surface area contributed by atoms with Crippen LogP contribution in [0.3, 0.4) is 0 Å². The number of hydrogen-bond acceptors (Lipinski definition) is 4. The minimum Gasteiger partial charge on any atom is -0.486 e. The van der Waals surface area contributed by atoms with Crippen molar-refractivity contribution in [3.63, 3.8) is 0 Å². The summed E-state index contributed by atoms with van der Waals surface area (Å²) in [5.41, 5.74) is 1.35. The Morgan fingerprint density at radius 1 is 0.931 bits per heavy atom. The highest BCUT2D eigenvalue weighted by Crippen LogP contribution is 2.43. The van der Waals surface area contributed by atoms with Crippen LogP contribution in [-0.4, -0.2) is 56.9 Å². The molecule has 2 fully saturated rings. The van der Waals surface area contributed by atoms with Gasteiger partial charge in [-0.05, 0) is 57.5 Å². The van der Waals surface area contributed by atoms with Crippen LogP contribution >= 0.6 is 0 Å². The Balaban J connectivity index is 1.39. The maximum atomic E-state index is 12.6. The summed E-state index contributed by atoms with van der Waals surface area (Å²) in [5.74, 6) is 1.66. The first-order chi connectivity index (χ1) is 14.0. The number of amides is 2. The normalized spacial score (nSPS) is 21.9. The lowest BCUT2D eigenvalue weighted by atomic mass is 9.78. The van der Waals surface area contributed by atoms with E-state index >= 15 is 0 Å². The second-order valence-electron chi connectivity index (χ2n) is 9.21. The molecule has 1 aromatic rings. The van der Waals surface area contributed by atoms with Crippen molar-refractivity contribution < 1.29 is 14.3 Å². The lowest BCUT2D eigenvalue weighted by Crippen LogP contribution is -2.53. The number of carbonyl (C=O) groups excluding carboxylic acids is 1. The Bertz CT molecular complexity index is 722. The summed E-state index contributed by atoms with van der Waals surface area (Å²) in [6.07, 6.45) is 9.37. The Hall–Kier alpha value is -1.95. The van der Waals surface area contributed by atoms with Crippen LogP contribution in [0.25, 0.3) is 0 Å². The third-order valence-electron chi connectivity index (χ3n) is 7.36. The minimum absolute atomic E-state index is 0.0141. The number of nitrogens with zero attached hydrogens (tertiary/aromatic N) is 1. The van der Waals surface area contributed by atoms with Crippen LogP contribution in [0.4, 0.5) is 4.79 Å². The highest BCUT2D eigenvalue weighted by atomic mass is 16.6. The molecule has 0 atom stereocenters. The zero-order valence-electron chi connectivity index (χ0n) is 17.9. The first kappa shape index (κ1) is 20.3. The van der Waals surface area contributed by atoms with Gasteiger partial charge >= 0.3 is 6.03 Å². The predicted octanol–water partition coefficient (Wildman–Crippen LogP) is 3.44. The van der Waals surface area contributed by atoms with Gasteiger partial charge in [-0.25, -0.2) is 4.79 Å². The van der Waals surface area contributed by atoms with Gasteiger partial charge < -0.3 is 25.0 Å². The molecular formula is C23H35N3O3. The third-order valence-corrected chi connectivity index (χ3v) is 7.36. The molecule has 1 heterocycles. The fourth-order valence-corrected chi connectivity index (χ4v) is 5.36. The van der Waals surface area contributed by atoms with Crippen molar-refractivity contribution >= 4 is 6.03 Å². The molecule has 1 aliphatic heterocycles. The number of likely N-dealkylation sites (N-methyl/N-ethyl adjacent to an activating group) is 1. The molecule has 2 amide bonds. The van der Waals surface area contributed by atoms with Gasteiger partial charge in [-0.2, -0.15) is 0 Å². The van der Waals surface area contributed by atoms with Crippen molar-refractivity contribution in [1.29, 1.82) is 0 Å². The van der Waals surface area contributed by atoms with E-state index in [1.807, 2.05) is 6.07 Å². The quantitative estimate of drug-likeness (QED) is 0.767. The summed E-state index contributed by atoms with van der Waals surface area (Å²) in [7, 11) is 4.25. The van der Waals surface area contributed by atoms with E-state index in [0.29, 0.717) is 26.3 Å². The SMILES string of the molecule is CN(C)C1(CNC(=O)NCC2(c3ccc4c(c3)OCCO4)CCCC2)CCCC1. The van der Waals surface area contributed by atoms with Gasteiger partial charge in [0, 0.05) is 24.0 Å². The predicted molar refractivity (Wildman–Crippen MR) is 114 cm³/mol. The average molecular weight is 402 g/mol. The number of fused-ring (bicyclic) bond motifs is 1. The molecule has 1 aromatic carbocycles. The van der Waals surface area contributed by atoms with Gasteiger partial charge in [-0.15, -0.1) is 0 Å². The van der Waals surface area contributed by atoms with Crippen molar-refractivity contribution in [2.24, 2.45) is 0 Å². The van der Waals surface area contributed by atoms with Crippen LogP contribution in [-0.2, 0) is 5.41 Å². The molecule has 3 aliphatic rings. The zero-order valence-corrected chi connectivity index (χ0v) is 17.9. The van der Waals surface area contributed by atoms with Gasteiger partial charge in [0.2, 0.25) is 0 Å². The summed E-state index contributed by atoms with van der Waals surface area (Å²) in [6, 6.07) is 6.24. The van der Waals surface area contributed by atoms with Crippen molar-refractivity contribution in [3.8, 4) is 11.5 Å². The van der Waals surface area contributed by atoms with Gasteiger partial charge in [0.15, 0.2) is 11.5 Å². The van der Waals surface area contributed by atoms with Crippen molar-refractivity contribution in [3.05, 3.63) is 23.8 Å². The Morgan fingerprint density at radius 3 is 2.24 bits per heavy atom. The average Bonchev–Trinajstić information content (AvgIpc) is 3.41. The summed E-state index contributed by atoms with van der Waals surface area (Å²) in [5, 5.41) is 6.34. The van der Waals surface area contributed by atoms with Crippen LogP contribution < -0.4 is 20.1 Å². The molecule has 0 spiro atoms. The fourth-order valence-electron chi connectivity index (χ4n) is 5.36. The number of benzene rings is 1. The lowest BCUT2D eigenvalue weighted by Gasteiger charge is -2.36. The first-order valence-electron chi connectivity index (χ1n) is 11.1. The van der Waals surface area contributed by atoms with E-state index in [1.54, 1.807) is 0 Å². The van der Waals surface area contributed by atoms with E-state index in [9.17, 15) is 4.79 Å². The summed E-state index contributed by atoms with van der Waals surface area (Å²) in [4.78, 5) is 14.9. The van der Waals surface area contributed by atoms with E-state index in [1.165, 1.54) is 31.2 Å². The maximum absolute atomic E-state index is 12.6. The number of hydrogen-bond donors (Lipinski definition) is 2. The number of rotatable bonds is 6. The molecule has 0 bridgehead atoms. The third kappa shape index (κ3) is 4.18. The summed E-state index contributed by atoms with van der Waals surface area (Å²) in [6.45, 7) is 2.57. The second-order valence-corrected chi connectivity index (χ2v) is 9.21. The zero-order chi connectivity index (χ0) is 20.3. The molecule has 0 radical (unpaired) electrons. The van der Waals surface area contributed by atoms with Gasteiger partial charge in [0.25, 0.3) is 0 Å². The molecule has 6 nitrogen and oxygen atoms in total. The van der Waals surface area contributed by atoms with Crippen molar-refractivity contribution in [2.45, 2.75) is 62.3 Å². The van der Waals surface area contributed by atoms with E-state index in [2.05, 4.69) is 41.8 Å².